The maximum absolute atomic E-state index is 13.3. The number of nitrogens with one attached hydrogen (secondary N) is 4. The number of aromatic nitrogens is 1. The first-order chi connectivity index (χ1) is 15.5. The summed E-state index contributed by atoms with van der Waals surface area (Å²) in [5.41, 5.74) is 3.55. The minimum absolute atomic E-state index is 0.0742. The topological polar surface area (TPSA) is 84.5 Å². The van der Waals surface area contributed by atoms with E-state index < -0.39 is 0 Å². The Morgan fingerprint density at radius 3 is 2.72 bits per heavy atom. The summed E-state index contributed by atoms with van der Waals surface area (Å²) in [7, 11) is 5.67. The lowest BCUT2D eigenvalue weighted by Gasteiger charge is -2.13. The zero-order chi connectivity index (χ0) is 22.9. The predicted octanol–water partition coefficient (Wildman–Crippen LogP) is 2.51. The first-order valence-corrected chi connectivity index (χ1v) is 10.7. The van der Waals surface area contributed by atoms with Crippen molar-refractivity contribution in [3.63, 3.8) is 0 Å². The number of hydrogen-bond acceptors (Lipinski definition) is 3. The summed E-state index contributed by atoms with van der Waals surface area (Å²) < 4.78 is 13.3. The number of amides is 1. The van der Waals surface area contributed by atoms with Gasteiger partial charge in [0.25, 0.3) is 5.91 Å². The van der Waals surface area contributed by atoms with Gasteiger partial charge in [-0.1, -0.05) is 12.1 Å². The van der Waals surface area contributed by atoms with E-state index in [1.54, 1.807) is 13.1 Å². The maximum Gasteiger partial charge on any atom is 0.251 e. The zero-order valence-corrected chi connectivity index (χ0v) is 18.8. The van der Waals surface area contributed by atoms with Gasteiger partial charge in [-0.05, 0) is 62.0 Å². The number of H-pyrrole nitrogens is 1. The summed E-state index contributed by atoms with van der Waals surface area (Å²) in [6.45, 7) is 2.63. The number of nitrogens with zero attached hydrogens (tertiary/aromatic N) is 2. The fraction of sp³-hybridized carbons (Fsp3) is 0.333. The van der Waals surface area contributed by atoms with Gasteiger partial charge in [0.1, 0.15) is 5.82 Å². The molecule has 8 heteroatoms. The molecule has 0 atom stereocenters. The number of hydrogen-bond donors (Lipinski definition) is 4. The maximum atomic E-state index is 13.3. The van der Waals surface area contributed by atoms with Crippen LogP contribution in [0.5, 0.6) is 0 Å². The van der Waals surface area contributed by atoms with Crippen LogP contribution in [0.1, 0.15) is 21.5 Å². The number of aromatic amines is 1. The highest BCUT2D eigenvalue weighted by Gasteiger charge is 2.08. The average Bonchev–Trinajstić information content (AvgIpc) is 3.17. The van der Waals surface area contributed by atoms with Crippen molar-refractivity contribution in [2.45, 2.75) is 13.0 Å². The van der Waals surface area contributed by atoms with Crippen molar-refractivity contribution in [2.75, 3.05) is 40.8 Å². The number of carbonyl (C=O) groups excluding carboxylic acids is 1. The molecule has 0 fully saturated rings. The van der Waals surface area contributed by atoms with Gasteiger partial charge in [-0.25, -0.2) is 4.39 Å². The quantitative estimate of drug-likeness (QED) is 0.306. The van der Waals surface area contributed by atoms with E-state index in [0.29, 0.717) is 31.2 Å². The summed E-state index contributed by atoms with van der Waals surface area (Å²) in [4.78, 5) is 21.7. The van der Waals surface area contributed by atoms with Crippen LogP contribution in [0, 0.1) is 5.82 Å². The van der Waals surface area contributed by atoms with Gasteiger partial charge in [0.2, 0.25) is 0 Å². The summed E-state index contributed by atoms with van der Waals surface area (Å²) in [5, 5.41) is 10.5. The lowest BCUT2D eigenvalue weighted by Crippen LogP contribution is -2.37. The van der Waals surface area contributed by atoms with E-state index >= 15 is 0 Å². The Morgan fingerprint density at radius 1 is 1.09 bits per heavy atom. The Balaban J connectivity index is 1.48. The minimum atomic E-state index is -0.247. The molecule has 0 radical (unpaired) electrons. The van der Waals surface area contributed by atoms with Gasteiger partial charge >= 0.3 is 0 Å². The molecule has 0 saturated carbocycles. The molecule has 170 valence electrons. The van der Waals surface area contributed by atoms with E-state index in [2.05, 4.69) is 25.9 Å². The van der Waals surface area contributed by atoms with E-state index in [1.165, 1.54) is 12.1 Å². The van der Waals surface area contributed by atoms with Crippen LogP contribution in [0.3, 0.4) is 0 Å². The third-order valence-corrected chi connectivity index (χ3v) is 5.13. The van der Waals surface area contributed by atoms with E-state index in [-0.39, 0.29) is 11.7 Å². The van der Waals surface area contributed by atoms with Crippen molar-refractivity contribution < 1.29 is 9.18 Å². The zero-order valence-electron chi connectivity index (χ0n) is 18.8. The standard InChI is InChI=1S/C24H31FN6O/c1-26-24(28-10-9-19-16-29-22-14-20(25)7-8-21(19)22)30-15-17-5-4-6-18(13-17)23(32)27-11-12-31(2)3/h4-8,13-14,16,29H,9-12,15H2,1-3H3,(H,27,32)(H2,26,28,30). The Morgan fingerprint density at radius 2 is 1.94 bits per heavy atom. The van der Waals surface area contributed by atoms with Crippen LogP contribution in [0.2, 0.25) is 0 Å². The SMILES string of the molecule is CN=C(NCCc1c[nH]c2cc(F)ccc12)NCc1cccc(C(=O)NCCN(C)C)c1. The Hall–Kier alpha value is -3.39. The number of carbonyl (C=O) groups is 1. The van der Waals surface area contributed by atoms with Gasteiger partial charge in [-0.2, -0.15) is 0 Å². The Labute approximate surface area is 188 Å². The number of aliphatic imine (C=N–C) groups is 1. The van der Waals surface area contributed by atoms with Gasteiger partial charge < -0.3 is 25.8 Å². The summed E-state index contributed by atoms with van der Waals surface area (Å²) in [6.07, 6.45) is 2.69. The molecule has 0 bridgehead atoms. The summed E-state index contributed by atoms with van der Waals surface area (Å²) in [5.74, 6) is 0.357. The Kier molecular flexibility index (Phi) is 8.21. The van der Waals surface area contributed by atoms with E-state index in [1.807, 2.05) is 49.5 Å². The monoisotopic (exact) mass is 438 g/mol. The summed E-state index contributed by atoms with van der Waals surface area (Å²) in [6, 6.07) is 12.3. The number of rotatable bonds is 9. The number of likely N-dealkylation sites (N-methyl/N-ethyl adjacent to an activating group) is 1. The minimum Gasteiger partial charge on any atom is -0.361 e. The lowest BCUT2D eigenvalue weighted by molar-refractivity contribution is 0.0951. The molecule has 0 aliphatic rings. The van der Waals surface area contributed by atoms with Crippen molar-refractivity contribution in [3.8, 4) is 0 Å². The van der Waals surface area contributed by atoms with E-state index in [0.717, 1.165) is 35.0 Å². The molecule has 1 aromatic heterocycles. The third kappa shape index (κ3) is 6.55. The van der Waals surface area contributed by atoms with Crippen molar-refractivity contribution in [2.24, 2.45) is 4.99 Å². The molecule has 0 spiro atoms. The number of fused-ring (bicyclic) bond motifs is 1. The molecule has 0 aliphatic carbocycles. The highest BCUT2D eigenvalue weighted by atomic mass is 19.1. The number of halogens is 1. The molecule has 0 saturated heterocycles. The average molecular weight is 439 g/mol. The predicted molar refractivity (Wildman–Crippen MR) is 127 cm³/mol. The van der Waals surface area contributed by atoms with Crippen molar-refractivity contribution in [1.82, 2.24) is 25.8 Å². The van der Waals surface area contributed by atoms with Gasteiger partial charge in [-0.3, -0.25) is 9.79 Å². The Bertz CT molecular complexity index is 1080. The van der Waals surface area contributed by atoms with Crippen molar-refractivity contribution in [1.29, 1.82) is 0 Å². The highest BCUT2D eigenvalue weighted by molar-refractivity contribution is 5.94. The highest BCUT2D eigenvalue weighted by Crippen LogP contribution is 2.19. The van der Waals surface area contributed by atoms with Crippen LogP contribution in [-0.4, -0.2) is 62.5 Å². The molecule has 1 heterocycles. The molecule has 32 heavy (non-hydrogen) atoms. The van der Waals surface area contributed by atoms with Crippen LogP contribution >= 0.6 is 0 Å². The van der Waals surface area contributed by atoms with Gasteiger partial charge in [-0.15, -0.1) is 0 Å². The second-order valence-electron chi connectivity index (χ2n) is 7.87. The third-order valence-electron chi connectivity index (χ3n) is 5.13. The van der Waals surface area contributed by atoms with Gasteiger partial charge in [0.05, 0.1) is 0 Å². The van der Waals surface area contributed by atoms with Crippen LogP contribution in [-0.2, 0) is 13.0 Å². The van der Waals surface area contributed by atoms with Crippen LogP contribution in [0.15, 0.2) is 53.7 Å². The molecule has 4 N–H and O–H groups in total. The second-order valence-corrected chi connectivity index (χ2v) is 7.87. The molecule has 1 amide bonds. The molecular formula is C24H31FN6O. The largest absolute Gasteiger partial charge is 0.361 e. The normalized spacial score (nSPS) is 11.7. The molecular weight excluding hydrogens is 407 g/mol. The van der Waals surface area contributed by atoms with E-state index in [9.17, 15) is 9.18 Å². The molecule has 3 aromatic rings. The van der Waals surface area contributed by atoms with Gasteiger partial charge in [0, 0.05) is 55.9 Å². The molecule has 3 rings (SSSR count). The van der Waals surface area contributed by atoms with Crippen LogP contribution in [0.25, 0.3) is 10.9 Å². The number of benzene rings is 2. The smallest absolute Gasteiger partial charge is 0.251 e. The van der Waals surface area contributed by atoms with Crippen molar-refractivity contribution >= 4 is 22.8 Å². The molecule has 7 nitrogen and oxygen atoms in total. The van der Waals surface area contributed by atoms with Gasteiger partial charge in [0.15, 0.2) is 5.96 Å². The lowest BCUT2D eigenvalue weighted by atomic mass is 10.1. The molecule has 0 unspecified atom stereocenters. The fourth-order valence-electron chi connectivity index (χ4n) is 3.40. The van der Waals surface area contributed by atoms with Crippen LogP contribution in [0.4, 0.5) is 4.39 Å². The fourth-order valence-corrected chi connectivity index (χ4v) is 3.40. The second kappa shape index (κ2) is 11.3. The molecule has 2 aromatic carbocycles. The first kappa shape index (κ1) is 23.3. The number of guanidine groups is 1. The van der Waals surface area contributed by atoms with E-state index in [4.69, 9.17) is 0 Å². The molecule has 0 aliphatic heterocycles. The van der Waals surface area contributed by atoms with Crippen LogP contribution < -0.4 is 16.0 Å². The summed E-state index contributed by atoms with van der Waals surface area (Å²) >= 11 is 0. The first-order valence-electron chi connectivity index (χ1n) is 10.7. The van der Waals surface area contributed by atoms with Crippen molar-refractivity contribution in [3.05, 3.63) is 71.2 Å².